The number of para-hydroxylation sites is 1. The second-order valence-electron chi connectivity index (χ2n) is 3.82. The molecule has 0 amide bonds. The van der Waals surface area contributed by atoms with Gasteiger partial charge in [0, 0.05) is 11.7 Å². The number of rotatable bonds is 2. The number of methoxy groups -OCH3 is 1. The zero-order chi connectivity index (χ0) is 10.7. The molecule has 4 heteroatoms. The SMILES string of the molecule is COC(=O)CC1CCc2ccccc2N1.Cl. The van der Waals surface area contributed by atoms with E-state index in [1.807, 2.05) is 12.1 Å². The van der Waals surface area contributed by atoms with Crippen LogP contribution >= 0.6 is 12.4 Å². The van der Waals surface area contributed by atoms with E-state index in [1.54, 1.807) is 0 Å². The Morgan fingerprint density at radius 2 is 2.25 bits per heavy atom. The number of esters is 1. The van der Waals surface area contributed by atoms with Gasteiger partial charge in [-0.1, -0.05) is 18.2 Å². The first-order valence-electron chi connectivity index (χ1n) is 5.21. The number of fused-ring (bicyclic) bond motifs is 1. The van der Waals surface area contributed by atoms with Crippen molar-refractivity contribution in [3.63, 3.8) is 0 Å². The number of anilines is 1. The van der Waals surface area contributed by atoms with Crippen LogP contribution in [-0.2, 0) is 16.0 Å². The summed E-state index contributed by atoms with van der Waals surface area (Å²) in [5.74, 6) is -0.146. The Labute approximate surface area is 102 Å². The van der Waals surface area contributed by atoms with Gasteiger partial charge in [0.1, 0.15) is 0 Å². The zero-order valence-corrected chi connectivity index (χ0v) is 10.0. The minimum absolute atomic E-state index is 0. The molecular weight excluding hydrogens is 226 g/mol. The normalized spacial score (nSPS) is 17.7. The number of nitrogens with one attached hydrogen (secondary N) is 1. The largest absolute Gasteiger partial charge is 0.469 e. The van der Waals surface area contributed by atoms with E-state index >= 15 is 0 Å². The van der Waals surface area contributed by atoms with E-state index in [0.717, 1.165) is 18.5 Å². The van der Waals surface area contributed by atoms with Crippen molar-refractivity contribution in [1.82, 2.24) is 0 Å². The smallest absolute Gasteiger partial charge is 0.307 e. The van der Waals surface area contributed by atoms with E-state index in [0.29, 0.717) is 6.42 Å². The third-order valence-electron chi connectivity index (χ3n) is 2.78. The number of hydrogen-bond donors (Lipinski definition) is 1. The van der Waals surface area contributed by atoms with Crippen LogP contribution in [0.15, 0.2) is 24.3 Å². The molecule has 1 aliphatic heterocycles. The van der Waals surface area contributed by atoms with E-state index in [2.05, 4.69) is 22.2 Å². The van der Waals surface area contributed by atoms with Gasteiger partial charge in [-0.2, -0.15) is 0 Å². The number of aryl methyl sites for hydroxylation is 1. The Morgan fingerprint density at radius 3 is 3.00 bits per heavy atom. The average molecular weight is 242 g/mol. The molecule has 1 aromatic carbocycles. The van der Waals surface area contributed by atoms with E-state index in [-0.39, 0.29) is 24.4 Å². The van der Waals surface area contributed by atoms with Gasteiger partial charge < -0.3 is 10.1 Å². The van der Waals surface area contributed by atoms with Gasteiger partial charge in [0.2, 0.25) is 0 Å². The Balaban J connectivity index is 0.00000128. The van der Waals surface area contributed by atoms with Crippen molar-refractivity contribution in [3.8, 4) is 0 Å². The lowest BCUT2D eigenvalue weighted by Crippen LogP contribution is -2.28. The van der Waals surface area contributed by atoms with Crippen LogP contribution in [0.1, 0.15) is 18.4 Å². The molecule has 1 aromatic rings. The first kappa shape index (κ1) is 12.8. The molecular formula is C12H16ClNO2. The number of carbonyl (C=O) groups excluding carboxylic acids is 1. The highest BCUT2D eigenvalue weighted by molar-refractivity contribution is 5.85. The van der Waals surface area contributed by atoms with Crippen LogP contribution in [0.4, 0.5) is 5.69 Å². The third-order valence-corrected chi connectivity index (χ3v) is 2.78. The molecule has 0 spiro atoms. The molecule has 0 radical (unpaired) electrons. The molecule has 1 N–H and O–H groups in total. The fraction of sp³-hybridized carbons (Fsp3) is 0.417. The molecule has 0 bridgehead atoms. The lowest BCUT2D eigenvalue weighted by atomic mass is 9.96. The molecule has 88 valence electrons. The number of halogens is 1. The van der Waals surface area contributed by atoms with Crippen LogP contribution in [-0.4, -0.2) is 19.1 Å². The second-order valence-corrected chi connectivity index (χ2v) is 3.82. The number of benzene rings is 1. The number of carbonyl (C=O) groups is 1. The number of hydrogen-bond acceptors (Lipinski definition) is 3. The summed E-state index contributed by atoms with van der Waals surface area (Å²) in [7, 11) is 1.43. The molecule has 1 heterocycles. The van der Waals surface area contributed by atoms with Gasteiger partial charge in [-0.3, -0.25) is 4.79 Å². The fourth-order valence-corrected chi connectivity index (χ4v) is 1.94. The zero-order valence-electron chi connectivity index (χ0n) is 9.23. The van der Waals surface area contributed by atoms with Crippen molar-refractivity contribution in [1.29, 1.82) is 0 Å². The van der Waals surface area contributed by atoms with Crippen LogP contribution in [0.5, 0.6) is 0 Å². The minimum Gasteiger partial charge on any atom is -0.469 e. The maximum absolute atomic E-state index is 11.1. The first-order chi connectivity index (χ1) is 7.29. The summed E-state index contributed by atoms with van der Waals surface area (Å²) in [6.45, 7) is 0. The fourth-order valence-electron chi connectivity index (χ4n) is 1.94. The summed E-state index contributed by atoms with van der Waals surface area (Å²) in [4.78, 5) is 11.1. The van der Waals surface area contributed by atoms with E-state index in [1.165, 1.54) is 12.7 Å². The van der Waals surface area contributed by atoms with Gasteiger partial charge >= 0.3 is 5.97 Å². The van der Waals surface area contributed by atoms with Crippen molar-refractivity contribution in [2.24, 2.45) is 0 Å². The average Bonchev–Trinajstić information content (AvgIpc) is 2.29. The topological polar surface area (TPSA) is 38.3 Å². The van der Waals surface area contributed by atoms with Gasteiger partial charge in [0.05, 0.1) is 13.5 Å². The molecule has 1 atom stereocenters. The molecule has 3 nitrogen and oxygen atoms in total. The molecule has 16 heavy (non-hydrogen) atoms. The van der Waals surface area contributed by atoms with Gasteiger partial charge in [0.25, 0.3) is 0 Å². The summed E-state index contributed by atoms with van der Waals surface area (Å²) < 4.78 is 4.66. The van der Waals surface area contributed by atoms with Crippen molar-refractivity contribution in [3.05, 3.63) is 29.8 Å². The van der Waals surface area contributed by atoms with Crippen molar-refractivity contribution in [2.75, 3.05) is 12.4 Å². The predicted molar refractivity (Wildman–Crippen MR) is 66.1 cm³/mol. The molecule has 0 saturated heterocycles. The van der Waals surface area contributed by atoms with E-state index < -0.39 is 0 Å². The van der Waals surface area contributed by atoms with Gasteiger partial charge in [0.15, 0.2) is 0 Å². The molecule has 1 unspecified atom stereocenters. The Bertz CT molecular complexity index is 368. The molecule has 2 rings (SSSR count). The molecule has 0 saturated carbocycles. The molecule has 0 fully saturated rings. The maximum atomic E-state index is 11.1. The second kappa shape index (κ2) is 5.75. The summed E-state index contributed by atoms with van der Waals surface area (Å²) in [6.07, 6.45) is 2.47. The van der Waals surface area contributed by atoms with Crippen LogP contribution in [0.25, 0.3) is 0 Å². The van der Waals surface area contributed by atoms with Gasteiger partial charge in [-0.05, 0) is 24.5 Å². The molecule has 0 aromatic heterocycles. The minimum atomic E-state index is -0.146. The highest BCUT2D eigenvalue weighted by atomic mass is 35.5. The lowest BCUT2D eigenvalue weighted by Gasteiger charge is -2.26. The molecule has 0 aliphatic carbocycles. The Morgan fingerprint density at radius 1 is 1.50 bits per heavy atom. The van der Waals surface area contributed by atoms with Gasteiger partial charge in [-0.15, -0.1) is 12.4 Å². The highest BCUT2D eigenvalue weighted by Crippen LogP contribution is 2.25. The Kier molecular flexibility index (Phi) is 4.62. The van der Waals surface area contributed by atoms with Crippen LogP contribution in [0, 0.1) is 0 Å². The van der Waals surface area contributed by atoms with Crippen molar-refractivity contribution >= 4 is 24.1 Å². The lowest BCUT2D eigenvalue weighted by molar-refractivity contribution is -0.140. The van der Waals surface area contributed by atoms with E-state index in [4.69, 9.17) is 0 Å². The molecule has 1 aliphatic rings. The standard InChI is InChI=1S/C12H15NO2.ClH/c1-15-12(14)8-10-7-6-9-4-2-3-5-11(9)13-10;/h2-5,10,13H,6-8H2,1H3;1H. The maximum Gasteiger partial charge on any atom is 0.307 e. The summed E-state index contributed by atoms with van der Waals surface area (Å²) in [6, 6.07) is 8.44. The highest BCUT2D eigenvalue weighted by Gasteiger charge is 2.19. The number of ether oxygens (including phenoxy) is 1. The Hall–Kier alpha value is -1.22. The van der Waals surface area contributed by atoms with Crippen molar-refractivity contribution < 1.29 is 9.53 Å². The summed E-state index contributed by atoms with van der Waals surface area (Å²) >= 11 is 0. The van der Waals surface area contributed by atoms with Crippen LogP contribution in [0.2, 0.25) is 0 Å². The van der Waals surface area contributed by atoms with Crippen LogP contribution in [0.3, 0.4) is 0 Å². The predicted octanol–water partition coefficient (Wildman–Crippen LogP) is 2.40. The summed E-state index contributed by atoms with van der Waals surface area (Å²) in [5.41, 5.74) is 2.48. The third kappa shape index (κ3) is 2.89. The van der Waals surface area contributed by atoms with Gasteiger partial charge in [-0.25, -0.2) is 0 Å². The van der Waals surface area contributed by atoms with Crippen molar-refractivity contribution in [2.45, 2.75) is 25.3 Å². The first-order valence-corrected chi connectivity index (χ1v) is 5.21. The monoisotopic (exact) mass is 241 g/mol. The van der Waals surface area contributed by atoms with Crippen LogP contribution < -0.4 is 5.32 Å². The van der Waals surface area contributed by atoms with E-state index in [9.17, 15) is 4.79 Å². The summed E-state index contributed by atoms with van der Waals surface area (Å²) in [5, 5.41) is 3.36. The quantitative estimate of drug-likeness (QED) is 0.808.